The number of carbonyl (C=O) groups excluding carboxylic acids is 3. The Morgan fingerprint density at radius 2 is 1.17 bits per heavy atom. The molecule has 242 valence electrons. The summed E-state index contributed by atoms with van der Waals surface area (Å²) in [6, 6.07) is 21.7. The molecule has 10 heteroatoms. The van der Waals surface area contributed by atoms with Crippen LogP contribution in [0.4, 0.5) is 0 Å². The fourth-order valence-electron chi connectivity index (χ4n) is 3.91. The fraction of sp³-hybridized carbons (Fsp3) is 0.250. The third-order valence-corrected chi connectivity index (χ3v) is 6.26. The van der Waals surface area contributed by atoms with Crippen LogP contribution in [-0.4, -0.2) is 55.9 Å². The lowest BCUT2D eigenvalue weighted by Gasteiger charge is -2.14. The summed E-state index contributed by atoms with van der Waals surface area (Å²) in [6.07, 6.45) is 8.89. The first-order valence-electron chi connectivity index (χ1n) is 14.7. The largest absolute Gasteiger partial charge is 0.494 e. The summed E-state index contributed by atoms with van der Waals surface area (Å²) >= 11 is 0. The number of benzene rings is 3. The van der Waals surface area contributed by atoms with Crippen LogP contribution >= 0.6 is 0 Å². The van der Waals surface area contributed by atoms with Gasteiger partial charge in [0.2, 0.25) is 0 Å². The number of rotatable bonds is 20. The Bertz CT molecular complexity index is 1430. The molecule has 1 atom stereocenters. The van der Waals surface area contributed by atoms with E-state index in [9.17, 15) is 19.5 Å². The zero-order valence-corrected chi connectivity index (χ0v) is 25.5. The molecule has 3 aromatic carbocycles. The highest BCUT2D eigenvalue weighted by molar-refractivity contribution is 5.88. The first-order valence-corrected chi connectivity index (χ1v) is 14.7. The van der Waals surface area contributed by atoms with Crippen LogP contribution < -0.4 is 14.2 Å². The van der Waals surface area contributed by atoms with Crippen molar-refractivity contribution in [2.24, 2.45) is 0 Å². The molecule has 46 heavy (non-hydrogen) atoms. The molecule has 0 spiro atoms. The number of carbonyl (C=O) groups is 3. The normalized spacial score (nSPS) is 11.3. The van der Waals surface area contributed by atoms with Gasteiger partial charge in [0.05, 0.1) is 19.8 Å². The first kappa shape index (κ1) is 35.3. The summed E-state index contributed by atoms with van der Waals surface area (Å²) in [5, 5.41) is 9.77. The molecule has 0 saturated carbocycles. The van der Waals surface area contributed by atoms with Gasteiger partial charge >= 0.3 is 24.4 Å². The van der Waals surface area contributed by atoms with E-state index in [4.69, 9.17) is 28.4 Å². The molecule has 0 heterocycles. The van der Waals surface area contributed by atoms with Crippen LogP contribution in [0.2, 0.25) is 0 Å². The van der Waals surface area contributed by atoms with E-state index < -0.39 is 18.4 Å². The summed E-state index contributed by atoms with van der Waals surface area (Å²) in [6.45, 7) is 5.97. The van der Waals surface area contributed by atoms with E-state index in [-0.39, 0.29) is 24.9 Å². The highest BCUT2D eigenvalue weighted by Gasteiger charge is 2.08. The van der Waals surface area contributed by atoms with E-state index in [1.54, 1.807) is 6.08 Å². The van der Waals surface area contributed by atoms with Crippen LogP contribution in [0.25, 0.3) is 17.2 Å². The standard InChI is InChI=1S/C36H38O10/c1-3-33(37)42-24-8-6-5-7-23-41-30-16-14-29(15-17-30)28-12-9-27(10-13-28)11-22-35(39)45-31-18-20-32(21-19-31)46-36(40)44-26-25-43-34(38)4-2/h3-4,9-22,36,40H,1-2,5-8,23-26H2/b22-11+. The van der Waals surface area contributed by atoms with Gasteiger partial charge in [0.1, 0.15) is 23.9 Å². The van der Waals surface area contributed by atoms with Gasteiger partial charge in [0.25, 0.3) is 0 Å². The Kier molecular flexibility index (Phi) is 15.3. The molecule has 0 aliphatic heterocycles. The van der Waals surface area contributed by atoms with E-state index in [0.717, 1.165) is 54.2 Å². The summed E-state index contributed by atoms with van der Waals surface area (Å²) < 4.78 is 31.0. The van der Waals surface area contributed by atoms with Crippen LogP contribution in [0.1, 0.15) is 31.2 Å². The maximum Gasteiger partial charge on any atom is 0.336 e. The van der Waals surface area contributed by atoms with Crippen molar-refractivity contribution in [2.45, 2.75) is 32.2 Å². The molecule has 0 aliphatic carbocycles. The highest BCUT2D eigenvalue weighted by atomic mass is 16.8. The molecule has 1 unspecified atom stereocenters. The van der Waals surface area contributed by atoms with Crippen molar-refractivity contribution < 1.29 is 47.9 Å². The van der Waals surface area contributed by atoms with Crippen molar-refractivity contribution in [1.82, 2.24) is 0 Å². The van der Waals surface area contributed by atoms with E-state index in [1.165, 1.54) is 36.4 Å². The van der Waals surface area contributed by atoms with Crippen molar-refractivity contribution in [1.29, 1.82) is 0 Å². The number of esters is 3. The number of ether oxygens (including phenoxy) is 6. The summed E-state index contributed by atoms with van der Waals surface area (Å²) in [7, 11) is 0. The first-order chi connectivity index (χ1) is 22.4. The van der Waals surface area contributed by atoms with Crippen LogP contribution in [0.3, 0.4) is 0 Å². The van der Waals surface area contributed by atoms with Gasteiger partial charge in [0.15, 0.2) is 0 Å². The van der Waals surface area contributed by atoms with Crippen molar-refractivity contribution >= 4 is 24.0 Å². The van der Waals surface area contributed by atoms with Crippen molar-refractivity contribution in [2.75, 3.05) is 26.4 Å². The van der Waals surface area contributed by atoms with E-state index in [2.05, 4.69) is 13.2 Å². The van der Waals surface area contributed by atoms with E-state index in [1.807, 2.05) is 48.5 Å². The lowest BCUT2D eigenvalue weighted by atomic mass is 10.0. The Morgan fingerprint density at radius 1 is 0.630 bits per heavy atom. The Morgan fingerprint density at radius 3 is 1.80 bits per heavy atom. The lowest BCUT2D eigenvalue weighted by Crippen LogP contribution is -2.22. The van der Waals surface area contributed by atoms with Gasteiger partial charge in [-0.05, 0) is 84.8 Å². The topological polar surface area (TPSA) is 127 Å². The molecule has 0 aromatic heterocycles. The third kappa shape index (κ3) is 13.6. The zero-order chi connectivity index (χ0) is 33.0. The Balaban J connectivity index is 1.35. The highest BCUT2D eigenvalue weighted by Crippen LogP contribution is 2.24. The predicted molar refractivity (Wildman–Crippen MR) is 172 cm³/mol. The van der Waals surface area contributed by atoms with Crippen LogP contribution in [0.15, 0.2) is 104 Å². The second-order valence-electron chi connectivity index (χ2n) is 9.67. The fourth-order valence-corrected chi connectivity index (χ4v) is 3.91. The van der Waals surface area contributed by atoms with Gasteiger partial charge in [0, 0.05) is 18.2 Å². The quantitative estimate of drug-likeness (QED) is 0.0519. The monoisotopic (exact) mass is 630 g/mol. The van der Waals surface area contributed by atoms with Gasteiger partial charge < -0.3 is 33.5 Å². The van der Waals surface area contributed by atoms with Crippen molar-refractivity contribution in [3.63, 3.8) is 0 Å². The predicted octanol–water partition coefficient (Wildman–Crippen LogP) is 6.04. The van der Waals surface area contributed by atoms with E-state index >= 15 is 0 Å². The minimum atomic E-state index is -1.57. The van der Waals surface area contributed by atoms with Crippen LogP contribution in [-0.2, 0) is 28.6 Å². The molecule has 0 fully saturated rings. The average Bonchev–Trinajstić information content (AvgIpc) is 3.08. The number of aliphatic hydroxyl groups is 1. The minimum absolute atomic E-state index is 0.0644. The lowest BCUT2D eigenvalue weighted by molar-refractivity contribution is -0.221. The molecule has 10 nitrogen and oxygen atoms in total. The van der Waals surface area contributed by atoms with Crippen molar-refractivity contribution in [3.8, 4) is 28.4 Å². The second kappa shape index (κ2) is 20.0. The molecule has 0 radical (unpaired) electrons. The second-order valence-corrected chi connectivity index (χ2v) is 9.67. The molecule has 0 bridgehead atoms. The van der Waals surface area contributed by atoms with Gasteiger partial charge in [-0.15, -0.1) is 0 Å². The molecular weight excluding hydrogens is 592 g/mol. The smallest absolute Gasteiger partial charge is 0.336 e. The number of unbranched alkanes of at least 4 members (excludes halogenated alkanes) is 3. The minimum Gasteiger partial charge on any atom is -0.494 e. The Hall–Kier alpha value is -5.19. The maximum atomic E-state index is 12.3. The molecule has 3 aromatic rings. The van der Waals surface area contributed by atoms with Gasteiger partial charge in [-0.1, -0.05) is 49.6 Å². The molecule has 0 amide bonds. The summed E-state index contributed by atoms with van der Waals surface area (Å²) in [4.78, 5) is 34.3. The van der Waals surface area contributed by atoms with E-state index in [0.29, 0.717) is 19.0 Å². The zero-order valence-electron chi connectivity index (χ0n) is 25.5. The summed E-state index contributed by atoms with van der Waals surface area (Å²) in [5.41, 5.74) is 2.89. The summed E-state index contributed by atoms with van der Waals surface area (Å²) in [5.74, 6) is -0.162. The SMILES string of the molecule is C=CC(=O)OCCCCCCOc1ccc(-c2ccc(/C=C/C(=O)Oc3ccc(OC(O)OCCOC(=O)C=C)cc3)cc2)cc1. The van der Waals surface area contributed by atoms with Crippen LogP contribution in [0.5, 0.6) is 17.2 Å². The van der Waals surface area contributed by atoms with Gasteiger partial charge in [-0.3, -0.25) is 0 Å². The molecule has 3 rings (SSSR count). The van der Waals surface area contributed by atoms with Gasteiger partial charge in [-0.2, -0.15) is 0 Å². The average molecular weight is 631 g/mol. The van der Waals surface area contributed by atoms with Gasteiger partial charge in [-0.25, -0.2) is 14.4 Å². The van der Waals surface area contributed by atoms with Crippen molar-refractivity contribution in [3.05, 3.63) is 110 Å². The van der Waals surface area contributed by atoms with Crippen LogP contribution in [0, 0.1) is 0 Å². The molecule has 0 aliphatic rings. The number of aliphatic hydroxyl groups excluding tert-OH is 1. The number of hydrogen-bond donors (Lipinski definition) is 1. The number of hydrogen-bond acceptors (Lipinski definition) is 10. The molecule has 0 saturated heterocycles. The third-order valence-electron chi connectivity index (χ3n) is 6.26. The molecule has 1 N–H and O–H groups in total. The molecular formula is C36H38O10. The Labute approximate surface area is 268 Å². The maximum absolute atomic E-state index is 12.3.